The summed E-state index contributed by atoms with van der Waals surface area (Å²) in [6, 6.07) is 11.1. The van der Waals surface area contributed by atoms with Crippen molar-refractivity contribution >= 4 is 35.0 Å². The molecule has 138 valence electrons. The molecule has 2 aliphatic rings. The van der Waals surface area contributed by atoms with E-state index in [-0.39, 0.29) is 11.4 Å². The number of thioether (sulfide) groups is 1. The first-order valence-electron chi connectivity index (χ1n) is 8.98. The number of carbonyl (C=O) groups is 2. The maximum Gasteiger partial charge on any atom is 0.272 e. The second-order valence-electron chi connectivity index (χ2n) is 6.81. The third-order valence-corrected chi connectivity index (χ3v) is 6.31. The second kappa shape index (κ2) is 7.15. The van der Waals surface area contributed by atoms with Crippen LogP contribution in [-0.2, 0) is 0 Å². The minimum atomic E-state index is -0.480. The van der Waals surface area contributed by atoms with Crippen molar-refractivity contribution in [2.24, 2.45) is 0 Å². The summed E-state index contributed by atoms with van der Waals surface area (Å²) in [5, 5.41) is 11.8. The minimum Gasteiger partial charge on any atom is -0.268 e. The molecule has 0 saturated heterocycles. The third kappa shape index (κ3) is 3.35. The molecule has 1 aliphatic heterocycles. The van der Waals surface area contributed by atoms with Gasteiger partial charge in [0.25, 0.3) is 17.5 Å². The molecular formula is C20H18N2O4S. The monoisotopic (exact) mass is 382 g/mol. The molecule has 0 atom stereocenters. The molecule has 0 N–H and O–H groups in total. The Hall–Kier alpha value is -2.67. The average Bonchev–Trinajstić information content (AvgIpc) is 2.93. The summed E-state index contributed by atoms with van der Waals surface area (Å²) in [6.07, 6.45) is 5.72. The lowest BCUT2D eigenvalue weighted by molar-refractivity contribution is -0.385. The van der Waals surface area contributed by atoms with Crippen LogP contribution < -0.4 is 4.90 Å². The fourth-order valence-corrected chi connectivity index (χ4v) is 5.00. The molecule has 0 aromatic heterocycles. The number of non-ortho nitro benzene ring substituents is 1. The van der Waals surface area contributed by atoms with Gasteiger partial charge in [-0.1, -0.05) is 31.4 Å². The molecule has 1 heterocycles. The number of fused-ring (bicyclic) bond motifs is 1. The molecule has 0 radical (unpaired) electrons. The van der Waals surface area contributed by atoms with E-state index in [0.29, 0.717) is 16.4 Å². The molecule has 0 bridgehead atoms. The highest BCUT2D eigenvalue weighted by atomic mass is 32.2. The van der Waals surface area contributed by atoms with Gasteiger partial charge in [0, 0.05) is 22.3 Å². The number of imide groups is 1. The van der Waals surface area contributed by atoms with E-state index in [2.05, 4.69) is 0 Å². The van der Waals surface area contributed by atoms with Crippen LogP contribution in [0.3, 0.4) is 0 Å². The number of anilines is 1. The van der Waals surface area contributed by atoms with Crippen LogP contribution in [0.4, 0.5) is 11.4 Å². The fourth-order valence-electron chi connectivity index (χ4n) is 3.67. The highest BCUT2D eigenvalue weighted by Crippen LogP contribution is 2.38. The first kappa shape index (κ1) is 17.7. The molecule has 7 heteroatoms. The molecular weight excluding hydrogens is 364 g/mol. The van der Waals surface area contributed by atoms with Gasteiger partial charge in [0.1, 0.15) is 0 Å². The van der Waals surface area contributed by atoms with E-state index in [0.717, 1.165) is 35.5 Å². The maximum absolute atomic E-state index is 12.7. The molecule has 1 saturated carbocycles. The molecule has 1 aliphatic carbocycles. The van der Waals surface area contributed by atoms with E-state index in [9.17, 15) is 19.7 Å². The standard InChI is InChI=1S/C20H18N2O4S/c23-19-17-8-4-5-9-18(17)20(24)21(19)13-10-14(22(25)26)12-16(11-13)27-15-6-2-1-3-7-15/h4-5,8-12,15H,1-3,6-7H2. The van der Waals surface area contributed by atoms with Gasteiger partial charge in [-0.15, -0.1) is 11.8 Å². The lowest BCUT2D eigenvalue weighted by Crippen LogP contribution is -2.29. The number of hydrogen-bond donors (Lipinski definition) is 0. The number of hydrogen-bond acceptors (Lipinski definition) is 5. The molecule has 27 heavy (non-hydrogen) atoms. The van der Waals surface area contributed by atoms with Crippen LogP contribution in [0.5, 0.6) is 0 Å². The van der Waals surface area contributed by atoms with Crippen molar-refractivity contribution < 1.29 is 14.5 Å². The highest BCUT2D eigenvalue weighted by molar-refractivity contribution is 8.00. The Balaban J connectivity index is 1.71. The summed E-state index contributed by atoms with van der Waals surface area (Å²) in [5.41, 5.74) is 0.807. The highest BCUT2D eigenvalue weighted by Gasteiger charge is 2.37. The van der Waals surface area contributed by atoms with E-state index in [1.807, 2.05) is 0 Å². The van der Waals surface area contributed by atoms with Gasteiger partial charge in [-0.2, -0.15) is 0 Å². The van der Waals surface area contributed by atoms with Crippen molar-refractivity contribution in [2.45, 2.75) is 42.2 Å². The number of nitro groups is 1. The van der Waals surface area contributed by atoms with E-state index < -0.39 is 16.7 Å². The Bertz CT molecular complexity index is 902. The second-order valence-corrected chi connectivity index (χ2v) is 8.19. The lowest BCUT2D eigenvalue weighted by atomic mass is 10.0. The van der Waals surface area contributed by atoms with Gasteiger partial charge in [-0.25, -0.2) is 4.90 Å². The summed E-state index contributed by atoms with van der Waals surface area (Å²) in [4.78, 5) is 38.1. The zero-order valence-electron chi connectivity index (χ0n) is 14.6. The van der Waals surface area contributed by atoms with Crippen LogP contribution in [0, 0.1) is 10.1 Å². The number of carbonyl (C=O) groups excluding carboxylic acids is 2. The molecule has 2 amide bonds. The zero-order chi connectivity index (χ0) is 19.0. The molecule has 0 spiro atoms. The number of amides is 2. The van der Waals surface area contributed by atoms with Gasteiger partial charge in [-0.3, -0.25) is 19.7 Å². The normalized spacial score (nSPS) is 17.3. The van der Waals surface area contributed by atoms with Crippen molar-refractivity contribution in [3.05, 3.63) is 63.7 Å². The Labute approximate surface area is 160 Å². The first-order valence-corrected chi connectivity index (χ1v) is 9.86. The smallest absolute Gasteiger partial charge is 0.268 e. The summed E-state index contributed by atoms with van der Waals surface area (Å²) >= 11 is 1.60. The predicted molar refractivity (Wildman–Crippen MR) is 103 cm³/mol. The van der Waals surface area contributed by atoms with Crippen molar-refractivity contribution in [1.29, 1.82) is 0 Å². The first-order chi connectivity index (χ1) is 13.0. The van der Waals surface area contributed by atoms with Crippen molar-refractivity contribution in [3.8, 4) is 0 Å². The van der Waals surface area contributed by atoms with Gasteiger partial charge in [0.2, 0.25) is 0 Å². The largest absolute Gasteiger partial charge is 0.272 e. The Kier molecular flexibility index (Phi) is 4.70. The van der Waals surface area contributed by atoms with Gasteiger partial charge >= 0.3 is 0 Å². The number of benzene rings is 2. The van der Waals surface area contributed by atoms with Gasteiger partial charge in [0.15, 0.2) is 0 Å². The molecule has 0 unspecified atom stereocenters. The van der Waals surface area contributed by atoms with Gasteiger partial charge in [-0.05, 0) is 31.0 Å². The van der Waals surface area contributed by atoms with E-state index in [1.165, 1.54) is 18.6 Å². The van der Waals surface area contributed by atoms with Gasteiger partial charge < -0.3 is 0 Å². The molecule has 1 fully saturated rings. The predicted octanol–water partition coefficient (Wildman–Crippen LogP) is 4.82. The summed E-state index contributed by atoms with van der Waals surface area (Å²) in [5.74, 6) is -0.880. The van der Waals surface area contributed by atoms with Gasteiger partial charge in [0.05, 0.1) is 21.7 Å². The van der Waals surface area contributed by atoms with Crippen molar-refractivity contribution in [1.82, 2.24) is 0 Å². The molecule has 6 nitrogen and oxygen atoms in total. The summed E-state index contributed by atoms with van der Waals surface area (Å²) in [6.45, 7) is 0. The minimum absolute atomic E-state index is 0.109. The number of nitrogens with zero attached hydrogens (tertiary/aromatic N) is 2. The van der Waals surface area contributed by atoms with Crippen LogP contribution in [0.1, 0.15) is 52.8 Å². The molecule has 2 aromatic rings. The Morgan fingerprint density at radius 2 is 1.59 bits per heavy atom. The maximum atomic E-state index is 12.7. The quantitative estimate of drug-likeness (QED) is 0.430. The van der Waals surface area contributed by atoms with Crippen molar-refractivity contribution in [2.75, 3.05) is 4.90 Å². The van der Waals surface area contributed by atoms with Crippen LogP contribution in [0.25, 0.3) is 0 Å². The average molecular weight is 382 g/mol. The number of nitro benzene ring substituents is 1. The summed E-state index contributed by atoms with van der Waals surface area (Å²) in [7, 11) is 0. The Morgan fingerprint density at radius 3 is 2.19 bits per heavy atom. The van der Waals surface area contributed by atoms with E-state index >= 15 is 0 Å². The van der Waals surface area contributed by atoms with Crippen LogP contribution in [-0.4, -0.2) is 22.0 Å². The van der Waals surface area contributed by atoms with Crippen LogP contribution in [0.15, 0.2) is 47.4 Å². The van der Waals surface area contributed by atoms with Crippen LogP contribution in [0.2, 0.25) is 0 Å². The van der Waals surface area contributed by atoms with E-state index in [1.54, 1.807) is 42.1 Å². The topological polar surface area (TPSA) is 80.5 Å². The fraction of sp³-hybridized carbons (Fsp3) is 0.300. The molecule has 2 aromatic carbocycles. The third-order valence-electron chi connectivity index (χ3n) is 4.99. The summed E-state index contributed by atoms with van der Waals surface area (Å²) < 4.78 is 0. The van der Waals surface area contributed by atoms with E-state index in [4.69, 9.17) is 0 Å². The zero-order valence-corrected chi connectivity index (χ0v) is 15.4. The SMILES string of the molecule is O=C1c2ccccc2C(=O)N1c1cc(SC2CCCCC2)cc([N+](=O)[O-])c1. The lowest BCUT2D eigenvalue weighted by Gasteiger charge is -2.21. The number of rotatable bonds is 4. The Morgan fingerprint density at radius 1 is 0.963 bits per heavy atom. The van der Waals surface area contributed by atoms with Crippen molar-refractivity contribution in [3.63, 3.8) is 0 Å². The molecule has 4 rings (SSSR count). The van der Waals surface area contributed by atoms with Crippen LogP contribution >= 0.6 is 11.8 Å².